The van der Waals surface area contributed by atoms with Crippen molar-refractivity contribution in [3.05, 3.63) is 12.3 Å². The molecule has 2 atom stereocenters. The summed E-state index contributed by atoms with van der Waals surface area (Å²) in [5.41, 5.74) is 0. The van der Waals surface area contributed by atoms with Crippen LogP contribution in [0.25, 0.3) is 0 Å². The molecule has 0 saturated heterocycles. The third kappa shape index (κ3) is 3.28. The Hall–Kier alpha value is -0.790. The first kappa shape index (κ1) is 9.21. The Balaban J connectivity index is 3.67. The highest BCUT2D eigenvalue weighted by atomic mass is 16.3. The van der Waals surface area contributed by atoms with E-state index in [-0.39, 0.29) is 17.6 Å². The lowest BCUT2D eigenvalue weighted by Gasteiger charge is -2.10. The van der Waals surface area contributed by atoms with Gasteiger partial charge in [-0.25, -0.2) is 0 Å². The Kier molecular flexibility index (Phi) is 3.77. The van der Waals surface area contributed by atoms with Gasteiger partial charge in [0, 0.05) is 11.8 Å². The molecule has 0 aromatic heterocycles. The van der Waals surface area contributed by atoms with E-state index in [2.05, 4.69) is 6.58 Å². The zero-order valence-electron chi connectivity index (χ0n) is 6.50. The minimum Gasteiger partial charge on any atom is -0.513 e. The molecule has 0 amide bonds. The van der Waals surface area contributed by atoms with E-state index >= 15 is 0 Å². The Bertz CT molecular complexity index is 129. The van der Waals surface area contributed by atoms with Gasteiger partial charge in [0.2, 0.25) is 0 Å². The van der Waals surface area contributed by atoms with Crippen molar-refractivity contribution in [2.24, 2.45) is 11.8 Å². The van der Waals surface area contributed by atoms with E-state index in [0.717, 1.165) is 6.29 Å². The molecule has 0 rings (SSSR count). The molecular formula is C8H14O2. The van der Waals surface area contributed by atoms with Crippen LogP contribution in [-0.4, -0.2) is 11.4 Å². The van der Waals surface area contributed by atoms with E-state index in [4.69, 9.17) is 5.11 Å². The molecule has 0 radical (unpaired) electrons. The first-order valence-corrected chi connectivity index (χ1v) is 3.41. The van der Waals surface area contributed by atoms with Gasteiger partial charge in [0.1, 0.15) is 6.29 Å². The summed E-state index contributed by atoms with van der Waals surface area (Å²) in [6.07, 6.45) is 1.57. The SMILES string of the molecule is C=C(O)[C@@H](C)C[C@@H](C)C=O. The van der Waals surface area contributed by atoms with Gasteiger partial charge in [0.25, 0.3) is 0 Å². The lowest BCUT2D eigenvalue weighted by molar-refractivity contribution is -0.111. The van der Waals surface area contributed by atoms with E-state index < -0.39 is 0 Å². The van der Waals surface area contributed by atoms with Gasteiger partial charge in [-0.15, -0.1) is 0 Å². The van der Waals surface area contributed by atoms with Gasteiger partial charge in [0.15, 0.2) is 0 Å². The van der Waals surface area contributed by atoms with Gasteiger partial charge in [-0.1, -0.05) is 20.4 Å². The summed E-state index contributed by atoms with van der Waals surface area (Å²) in [6, 6.07) is 0. The number of aldehydes is 1. The number of rotatable bonds is 4. The molecule has 0 aliphatic heterocycles. The van der Waals surface area contributed by atoms with Crippen LogP contribution in [0, 0.1) is 11.8 Å². The van der Waals surface area contributed by atoms with E-state index in [1.165, 1.54) is 0 Å². The first-order chi connectivity index (χ1) is 4.57. The van der Waals surface area contributed by atoms with Gasteiger partial charge >= 0.3 is 0 Å². The highest BCUT2D eigenvalue weighted by Gasteiger charge is 2.09. The predicted octanol–water partition coefficient (Wildman–Crippen LogP) is 1.92. The molecule has 0 fully saturated rings. The van der Waals surface area contributed by atoms with Gasteiger partial charge in [-0.2, -0.15) is 0 Å². The summed E-state index contributed by atoms with van der Waals surface area (Å²) < 4.78 is 0. The smallest absolute Gasteiger partial charge is 0.122 e. The average molecular weight is 142 g/mol. The fourth-order valence-electron chi connectivity index (χ4n) is 0.749. The van der Waals surface area contributed by atoms with Crippen LogP contribution in [0.3, 0.4) is 0 Å². The van der Waals surface area contributed by atoms with Crippen LogP contribution in [0.4, 0.5) is 0 Å². The number of aliphatic hydroxyl groups excluding tert-OH is 1. The van der Waals surface area contributed by atoms with Crippen LogP contribution >= 0.6 is 0 Å². The molecule has 58 valence electrons. The second kappa shape index (κ2) is 4.09. The second-order valence-electron chi connectivity index (χ2n) is 2.74. The maximum atomic E-state index is 10.2. The van der Waals surface area contributed by atoms with Crippen molar-refractivity contribution in [1.82, 2.24) is 0 Å². The quantitative estimate of drug-likeness (QED) is 0.481. The summed E-state index contributed by atoms with van der Waals surface area (Å²) in [4.78, 5) is 10.2. The summed E-state index contributed by atoms with van der Waals surface area (Å²) in [5.74, 6) is 0.202. The molecule has 0 aromatic rings. The number of hydrogen-bond acceptors (Lipinski definition) is 2. The largest absolute Gasteiger partial charge is 0.513 e. The van der Waals surface area contributed by atoms with E-state index in [1.807, 2.05) is 13.8 Å². The highest BCUT2D eigenvalue weighted by Crippen LogP contribution is 2.14. The molecule has 0 spiro atoms. The Morgan fingerprint density at radius 2 is 2.20 bits per heavy atom. The van der Waals surface area contributed by atoms with Crippen molar-refractivity contribution in [2.75, 3.05) is 0 Å². The van der Waals surface area contributed by atoms with E-state index in [9.17, 15) is 4.79 Å². The molecule has 0 bridgehead atoms. The van der Waals surface area contributed by atoms with Crippen molar-refractivity contribution in [2.45, 2.75) is 20.3 Å². The maximum absolute atomic E-state index is 10.2. The van der Waals surface area contributed by atoms with Crippen molar-refractivity contribution >= 4 is 6.29 Å². The average Bonchev–Trinajstić information content (AvgIpc) is 1.87. The Labute approximate surface area is 61.6 Å². The molecule has 2 heteroatoms. The molecule has 0 aromatic carbocycles. The molecule has 10 heavy (non-hydrogen) atoms. The monoisotopic (exact) mass is 142 g/mol. The molecule has 0 unspecified atom stereocenters. The fraction of sp³-hybridized carbons (Fsp3) is 0.625. The fourth-order valence-corrected chi connectivity index (χ4v) is 0.749. The Morgan fingerprint density at radius 3 is 2.50 bits per heavy atom. The summed E-state index contributed by atoms with van der Waals surface area (Å²) in [6.45, 7) is 7.06. The Morgan fingerprint density at radius 1 is 1.70 bits per heavy atom. The minimum atomic E-state index is 0.0129. The molecular weight excluding hydrogens is 128 g/mol. The predicted molar refractivity (Wildman–Crippen MR) is 40.8 cm³/mol. The van der Waals surface area contributed by atoms with Crippen LogP contribution in [0.2, 0.25) is 0 Å². The van der Waals surface area contributed by atoms with Gasteiger partial charge < -0.3 is 9.90 Å². The highest BCUT2D eigenvalue weighted by molar-refractivity contribution is 5.52. The van der Waals surface area contributed by atoms with Crippen LogP contribution < -0.4 is 0 Å². The molecule has 2 nitrogen and oxygen atoms in total. The molecule has 0 aliphatic carbocycles. The zero-order chi connectivity index (χ0) is 8.15. The molecule has 0 heterocycles. The van der Waals surface area contributed by atoms with Crippen LogP contribution in [0.5, 0.6) is 0 Å². The van der Waals surface area contributed by atoms with Crippen molar-refractivity contribution < 1.29 is 9.90 Å². The zero-order valence-corrected chi connectivity index (χ0v) is 6.50. The number of carbonyl (C=O) groups is 1. The first-order valence-electron chi connectivity index (χ1n) is 3.41. The van der Waals surface area contributed by atoms with Crippen LogP contribution in [-0.2, 0) is 4.79 Å². The number of hydrogen-bond donors (Lipinski definition) is 1. The van der Waals surface area contributed by atoms with Gasteiger partial charge in [0.05, 0.1) is 5.76 Å². The maximum Gasteiger partial charge on any atom is 0.122 e. The van der Waals surface area contributed by atoms with Crippen molar-refractivity contribution in [1.29, 1.82) is 0 Å². The van der Waals surface area contributed by atoms with Gasteiger partial charge in [-0.05, 0) is 6.42 Å². The lowest BCUT2D eigenvalue weighted by atomic mass is 9.97. The standard InChI is InChI=1S/C8H14O2/c1-6(5-9)4-7(2)8(3)10/h5-7,10H,3-4H2,1-2H3/t6-,7+/m1/s1. The summed E-state index contributed by atoms with van der Waals surface area (Å²) in [5, 5.41) is 8.85. The molecule has 0 saturated carbocycles. The minimum absolute atomic E-state index is 0.0129. The topological polar surface area (TPSA) is 37.3 Å². The van der Waals surface area contributed by atoms with Crippen LogP contribution in [0.1, 0.15) is 20.3 Å². The summed E-state index contributed by atoms with van der Waals surface area (Å²) in [7, 11) is 0. The number of allylic oxidation sites excluding steroid dienone is 1. The molecule has 0 aliphatic rings. The molecule has 1 N–H and O–H groups in total. The van der Waals surface area contributed by atoms with Crippen LogP contribution in [0.15, 0.2) is 12.3 Å². The number of carbonyl (C=O) groups excluding carboxylic acids is 1. The van der Waals surface area contributed by atoms with Crippen molar-refractivity contribution in [3.63, 3.8) is 0 Å². The van der Waals surface area contributed by atoms with Crippen molar-refractivity contribution in [3.8, 4) is 0 Å². The third-order valence-corrected chi connectivity index (χ3v) is 1.53. The normalized spacial score (nSPS) is 15.8. The second-order valence-corrected chi connectivity index (χ2v) is 2.74. The van der Waals surface area contributed by atoms with E-state index in [0.29, 0.717) is 6.42 Å². The lowest BCUT2D eigenvalue weighted by Crippen LogP contribution is -2.05. The van der Waals surface area contributed by atoms with Gasteiger partial charge in [-0.3, -0.25) is 0 Å². The summed E-state index contributed by atoms with van der Waals surface area (Å²) >= 11 is 0. The third-order valence-electron chi connectivity index (χ3n) is 1.53. The van der Waals surface area contributed by atoms with E-state index in [1.54, 1.807) is 0 Å². The number of aliphatic hydroxyl groups is 1.